The Morgan fingerprint density at radius 2 is 1.95 bits per heavy atom. The van der Waals surface area contributed by atoms with Gasteiger partial charge in [-0.2, -0.15) is 0 Å². The van der Waals surface area contributed by atoms with E-state index in [2.05, 4.69) is 0 Å². The number of benzene rings is 2. The fraction of sp³-hybridized carbons (Fsp3) is 0.125. The van der Waals surface area contributed by atoms with Crippen LogP contribution in [0.1, 0.15) is 16.5 Å². The molecule has 0 saturated heterocycles. The predicted octanol–water partition coefficient (Wildman–Crippen LogP) is 5.59. The standard InChI is InChI=1S/C16H12Cl2FNS/c17-12-3-1-2-10(16(12)18)6-13(20)15-7-9-4-5-11(19)8-14(9)21-15/h1-5,7-8,13H,6,20H2. The van der Waals surface area contributed by atoms with Gasteiger partial charge in [0.05, 0.1) is 10.0 Å². The van der Waals surface area contributed by atoms with Crippen LogP contribution in [-0.2, 0) is 6.42 Å². The average molecular weight is 340 g/mol. The lowest BCUT2D eigenvalue weighted by molar-refractivity contribution is 0.630. The van der Waals surface area contributed by atoms with Gasteiger partial charge < -0.3 is 5.73 Å². The summed E-state index contributed by atoms with van der Waals surface area (Å²) in [6, 6.07) is 12.1. The zero-order valence-corrected chi connectivity index (χ0v) is 13.3. The highest BCUT2D eigenvalue weighted by Gasteiger charge is 2.14. The summed E-state index contributed by atoms with van der Waals surface area (Å²) in [7, 11) is 0. The minimum atomic E-state index is -0.234. The molecule has 0 saturated carbocycles. The summed E-state index contributed by atoms with van der Waals surface area (Å²) >= 11 is 13.7. The maximum Gasteiger partial charge on any atom is 0.124 e. The van der Waals surface area contributed by atoms with Crippen molar-refractivity contribution in [3.05, 3.63) is 68.8 Å². The first-order chi connectivity index (χ1) is 10.0. The SMILES string of the molecule is NC(Cc1cccc(Cl)c1Cl)c1cc2ccc(F)cc2s1. The third-order valence-corrected chi connectivity index (χ3v) is 5.43. The molecule has 1 unspecified atom stereocenters. The van der Waals surface area contributed by atoms with Crippen molar-refractivity contribution in [2.75, 3.05) is 0 Å². The summed E-state index contributed by atoms with van der Waals surface area (Å²) in [5, 5.41) is 2.07. The summed E-state index contributed by atoms with van der Waals surface area (Å²) in [6.45, 7) is 0. The fourth-order valence-electron chi connectivity index (χ4n) is 2.25. The number of rotatable bonds is 3. The first kappa shape index (κ1) is 14.8. The van der Waals surface area contributed by atoms with Crippen molar-refractivity contribution in [3.8, 4) is 0 Å². The number of hydrogen-bond donors (Lipinski definition) is 1. The van der Waals surface area contributed by atoms with Crippen LogP contribution >= 0.6 is 34.5 Å². The second-order valence-corrected chi connectivity index (χ2v) is 6.75. The molecule has 1 atom stereocenters. The zero-order valence-electron chi connectivity index (χ0n) is 10.9. The topological polar surface area (TPSA) is 26.0 Å². The Labute approximate surface area is 136 Å². The van der Waals surface area contributed by atoms with E-state index in [0.717, 1.165) is 20.5 Å². The molecule has 2 aromatic carbocycles. The molecule has 5 heteroatoms. The smallest absolute Gasteiger partial charge is 0.124 e. The Hall–Kier alpha value is -1.13. The van der Waals surface area contributed by atoms with Crippen molar-refractivity contribution < 1.29 is 4.39 Å². The van der Waals surface area contributed by atoms with Crippen molar-refractivity contribution in [1.29, 1.82) is 0 Å². The summed E-state index contributed by atoms with van der Waals surface area (Å²) in [6.07, 6.45) is 0.592. The zero-order chi connectivity index (χ0) is 15.0. The summed E-state index contributed by atoms with van der Waals surface area (Å²) in [5.41, 5.74) is 7.18. The third-order valence-electron chi connectivity index (χ3n) is 3.34. The lowest BCUT2D eigenvalue weighted by Gasteiger charge is -2.11. The molecule has 3 rings (SSSR count). The van der Waals surface area contributed by atoms with E-state index in [1.807, 2.05) is 18.2 Å². The van der Waals surface area contributed by atoms with Crippen LogP contribution in [0.3, 0.4) is 0 Å². The lowest BCUT2D eigenvalue weighted by atomic mass is 10.0. The lowest BCUT2D eigenvalue weighted by Crippen LogP contribution is -2.12. The molecule has 1 heterocycles. The molecule has 0 bridgehead atoms. The largest absolute Gasteiger partial charge is 0.323 e. The van der Waals surface area contributed by atoms with Crippen LogP contribution in [0, 0.1) is 5.82 Å². The van der Waals surface area contributed by atoms with E-state index in [4.69, 9.17) is 28.9 Å². The van der Waals surface area contributed by atoms with Gasteiger partial charge in [-0.15, -0.1) is 11.3 Å². The second kappa shape index (κ2) is 5.93. The molecule has 108 valence electrons. The van der Waals surface area contributed by atoms with Crippen LogP contribution in [0.5, 0.6) is 0 Å². The molecule has 0 amide bonds. The van der Waals surface area contributed by atoms with Crippen LogP contribution in [0.15, 0.2) is 42.5 Å². The number of hydrogen-bond acceptors (Lipinski definition) is 2. The van der Waals surface area contributed by atoms with E-state index in [-0.39, 0.29) is 11.9 Å². The van der Waals surface area contributed by atoms with Crippen LogP contribution < -0.4 is 5.73 Å². The van der Waals surface area contributed by atoms with Crippen LogP contribution in [-0.4, -0.2) is 0 Å². The van der Waals surface area contributed by atoms with Crippen molar-refractivity contribution >= 4 is 44.6 Å². The van der Waals surface area contributed by atoms with Gasteiger partial charge >= 0.3 is 0 Å². The average Bonchev–Trinajstić information content (AvgIpc) is 2.87. The van der Waals surface area contributed by atoms with Crippen molar-refractivity contribution in [1.82, 2.24) is 0 Å². The quantitative estimate of drug-likeness (QED) is 0.661. The first-order valence-corrected chi connectivity index (χ1v) is 7.99. The molecule has 0 spiro atoms. The molecule has 1 nitrogen and oxygen atoms in total. The maximum atomic E-state index is 13.2. The number of nitrogens with two attached hydrogens (primary N) is 1. The van der Waals surface area contributed by atoms with Crippen molar-refractivity contribution in [3.63, 3.8) is 0 Å². The van der Waals surface area contributed by atoms with Gasteiger partial charge in [0.15, 0.2) is 0 Å². The van der Waals surface area contributed by atoms with E-state index in [1.54, 1.807) is 12.1 Å². The van der Waals surface area contributed by atoms with E-state index >= 15 is 0 Å². The van der Waals surface area contributed by atoms with Crippen molar-refractivity contribution in [2.24, 2.45) is 5.73 Å². The molecule has 0 radical (unpaired) electrons. The number of halogens is 3. The molecule has 0 aliphatic rings. The van der Waals surface area contributed by atoms with Gasteiger partial charge in [-0.25, -0.2) is 4.39 Å². The Morgan fingerprint density at radius 3 is 2.76 bits per heavy atom. The fourth-order valence-corrected chi connectivity index (χ4v) is 3.74. The third kappa shape index (κ3) is 3.06. The maximum absolute atomic E-state index is 13.2. The van der Waals surface area contributed by atoms with Gasteiger partial charge in [-0.05, 0) is 41.6 Å². The van der Waals surface area contributed by atoms with E-state index < -0.39 is 0 Å². The van der Waals surface area contributed by atoms with E-state index in [9.17, 15) is 4.39 Å². The summed E-state index contributed by atoms with van der Waals surface area (Å²) in [4.78, 5) is 1.01. The van der Waals surface area contributed by atoms with Gasteiger partial charge in [0, 0.05) is 15.6 Å². The molecular formula is C16H12Cl2FNS. The van der Waals surface area contributed by atoms with Gasteiger partial charge in [0.1, 0.15) is 5.82 Å². The Morgan fingerprint density at radius 1 is 1.14 bits per heavy atom. The molecule has 3 aromatic rings. The Bertz CT molecular complexity index is 800. The van der Waals surface area contributed by atoms with Crippen molar-refractivity contribution in [2.45, 2.75) is 12.5 Å². The highest BCUT2D eigenvalue weighted by molar-refractivity contribution is 7.19. The molecular weight excluding hydrogens is 328 g/mol. The molecule has 1 aromatic heterocycles. The number of thiophene rings is 1. The highest BCUT2D eigenvalue weighted by atomic mass is 35.5. The minimum absolute atomic E-state index is 0.193. The molecule has 21 heavy (non-hydrogen) atoms. The van der Waals surface area contributed by atoms with Crippen LogP contribution in [0.2, 0.25) is 10.0 Å². The van der Waals surface area contributed by atoms with Gasteiger partial charge in [0.25, 0.3) is 0 Å². The van der Waals surface area contributed by atoms with Crippen LogP contribution in [0.4, 0.5) is 4.39 Å². The van der Waals surface area contributed by atoms with E-state index in [1.165, 1.54) is 23.5 Å². The second-order valence-electron chi connectivity index (χ2n) is 4.85. The normalized spacial score (nSPS) is 12.8. The van der Waals surface area contributed by atoms with Gasteiger partial charge in [0.2, 0.25) is 0 Å². The van der Waals surface area contributed by atoms with Crippen LogP contribution in [0.25, 0.3) is 10.1 Å². The van der Waals surface area contributed by atoms with Gasteiger partial charge in [-0.3, -0.25) is 0 Å². The highest BCUT2D eigenvalue weighted by Crippen LogP contribution is 2.33. The first-order valence-electron chi connectivity index (χ1n) is 6.42. The van der Waals surface area contributed by atoms with E-state index in [0.29, 0.717) is 16.5 Å². The molecule has 2 N–H and O–H groups in total. The summed E-state index contributed by atoms with van der Waals surface area (Å²) < 4.78 is 14.1. The van der Waals surface area contributed by atoms with Gasteiger partial charge in [-0.1, -0.05) is 41.4 Å². The predicted molar refractivity (Wildman–Crippen MR) is 88.9 cm³/mol. The molecule has 0 aliphatic carbocycles. The monoisotopic (exact) mass is 339 g/mol. The Kier molecular flexibility index (Phi) is 4.18. The minimum Gasteiger partial charge on any atom is -0.323 e. The number of fused-ring (bicyclic) bond motifs is 1. The molecule has 0 fully saturated rings. The summed E-state index contributed by atoms with van der Waals surface area (Å²) in [5.74, 6) is -0.234. The Balaban J connectivity index is 1.89. The molecule has 0 aliphatic heterocycles.